The summed E-state index contributed by atoms with van der Waals surface area (Å²) in [5.74, 6) is -11.7. The van der Waals surface area contributed by atoms with Crippen molar-refractivity contribution in [1.82, 2.24) is 41.5 Å². The molecule has 4 aromatic rings. The van der Waals surface area contributed by atoms with E-state index in [1.807, 2.05) is 24.3 Å². The Morgan fingerprint density at radius 1 is 0.807 bits per heavy atom. The molecule has 31 nitrogen and oxygen atoms in total. The van der Waals surface area contributed by atoms with E-state index in [9.17, 15) is 92.5 Å². The topological polar surface area (TPSA) is 493 Å². The summed E-state index contributed by atoms with van der Waals surface area (Å²) < 4.78 is 48.0. The zero-order valence-electron chi connectivity index (χ0n) is 47.9. The molecule has 480 valence electrons. The minimum absolute atomic E-state index is 0.167. The number of aliphatic hydroxyl groups excluding tert-OH is 8. The van der Waals surface area contributed by atoms with Crippen molar-refractivity contribution in [1.29, 1.82) is 0 Å². The number of hydrogen-bond acceptors (Lipinski definition) is 23. The van der Waals surface area contributed by atoms with Gasteiger partial charge in [-0.2, -0.15) is 8.42 Å². The number of nitrogens with one attached hydrogen (secondary N) is 5. The number of aliphatic hydroxyl groups is 8. The van der Waals surface area contributed by atoms with Gasteiger partial charge in [0.05, 0.1) is 43.5 Å². The standard InChI is InChI=1S/C56H73N9O22S/c1-4-5-6-17-85-33-14-11-29(12-15-33)34-25-86-63-43(34)30-9-7-28(8-10-30)22-58-35-20-39(70)52(77)62-54(79)46-47(72)26(2)23-65(46)56(81)44(38(69)21-41(57)71)60-53(78)45(49(74)48(73)31-13-16-37(68)40(18-31)87-88(82,83)84)61-51(76)36-19-32(67)24-64(36)55(80)42(27(3)66)59-50(35)75/h7-16,18,25-27,32,35-36,38-39,42,44-49,52,58,66-70,72-74,77H,4-6,17,19-24H2,1-3H3,(H2,57,71)(H,59,75)(H,60,78)(H,61,76)(H,62,79)(H,82,83,84). The maximum absolute atomic E-state index is 14.7. The van der Waals surface area contributed by atoms with Gasteiger partial charge in [0.25, 0.3) is 0 Å². The highest BCUT2D eigenvalue weighted by atomic mass is 32.3. The van der Waals surface area contributed by atoms with Crippen molar-refractivity contribution in [3.8, 4) is 39.6 Å². The van der Waals surface area contributed by atoms with Gasteiger partial charge < -0.3 is 102 Å². The van der Waals surface area contributed by atoms with Gasteiger partial charge in [-0.3, -0.25) is 38.1 Å². The van der Waals surface area contributed by atoms with E-state index < -0.39 is 192 Å². The van der Waals surface area contributed by atoms with Gasteiger partial charge in [0.2, 0.25) is 41.4 Å². The Morgan fingerprint density at radius 2 is 1.45 bits per heavy atom. The van der Waals surface area contributed by atoms with Gasteiger partial charge in [-0.25, -0.2) is 0 Å². The summed E-state index contributed by atoms with van der Waals surface area (Å²) in [7, 11) is -5.34. The Morgan fingerprint density at radius 3 is 2.10 bits per heavy atom. The van der Waals surface area contributed by atoms with Crippen LogP contribution in [0.5, 0.6) is 17.2 Å². The number of carbonyl (C=O) groups excluding carboxylic acids is 7. The van der Waals surface area contributed by atoms with Gasteiger partial charge in [-0.1, -0.05) is 74.3 Å². The van der Waals surface area contributed by atoms with Crippen LogP contribution in [0.2, 0.25) is 0 Å². The molecule has 17 N–H and O–H groups in total. The van der Waals surface area contributed by atoms with Crippen LogP contribution in [-0.4, -0.2) is 214 Å². The summed E-state index contributed by atoms with van der Waals surface area (Å²) in [6.45, 7) is 3.78. The molecule has 1 aromatic heterocycles. The van der Waals surface area contributed by atoms with Crippen LogP contribution in [-0.2, 0) is 50.5 Å². The van der Waals surface area contributed by atoms with Crippen LogP contribution >= 0.6 is 0 Å². The summed E-state index contributed by atoms with van der Waals surface area (Å²) in [6, 6.07) is 3.93. The third-order valence-electron chi connectivity index (χ3n) is 15.3. The van der Waals surface area contributed by atoms with E-state index in [-0.39, 0.29) is 6.54 Å². The van der Waals surface area contributed by atoms with Gasteiger partial charge in [0.15, 0.2) is 17.7 Å². The van der Waals surface area contributed by atoms with E-state index in [1.165, 1.54) is 13.2 Å². The lowest BCUT2D eigenvalue weighted by molar-refractivity contribution is -0.149. The normalized spacial score (nSPS) is 26.7. The quantitative estimate of drug-likeness (QED) is 0.0319. The molecule has 7 amide bonds. The Kier molecular flexibility index (Phi) is 22.6. The molecular weight excluding hydrogens is 1180 g/mol. The summed E-state index contributed by atoms with van der Waals surface area (Å²) in [5.41, 5.74) is 7.88. The zero-order chi connectivity index (χ0) is 64.5. The number of amides is 7. The number of aromatic hydroxyl groups is 1. The fourth-order valence-corrected chi connectivity index (χ4v) is 10.9. The first-order chi connectivity index (χ1) is 41.6. The van der Waals surface area contributed by atoms with Crippen LogP contribution in [0.25, 0.3) is 22.4 Å². The predicted octanol–water partition coefficient (Wildman–Crippen LogP) is -3.54. The molecule has 0 radical (unpaired) electrons. The monoisotopic (exact) mass is 1260 g/mol. The highest BCUT2D eigenvalue weighted by molar-refractivity contribution is 7.81. The lowest BCUT2D eigenvalue weighted by atomic mass is 9.96. The summed E-state index contributed by atoms with van der Waals surface area (Å²) >= 11 is 0. The number of hydrogen-bond donors (Lipinski definition) is 16. The first-order valence-corrected chi connectivity index (χ1v) is 29.5. The molecule has 0 bridgehead atoms. The van der Waals surface area contributed by atoms with Gasteiger partial charge in [0.1, 0.15) is 66.2 Å². The number of carbonyl (C=O) groups is 7. The minimum Gasteiger partial charge on any atom is -0.504 e. The highest BCUT2D eigenvalue weighted by Crippen LogP contribution is 2.35. The molecule has 3 saturated heterocycles. The molecule has 4 heterocycles. The number of ether oxygens (including phenoxy) is 1. The zero-order valence-corrected chi connectivity index (χ0v) is 48.7. The number of rotatable bonds is 19. The lowest BCUT2D eigenvalue weighted by Gasteiger charge is -2.34. The second kappa shape index (κ2) is 29.4. The number of fused-ring (bicyclic) bond motifs is 2. The van der Waals surface area contributed by atoms with Crippen molar-refractivity contribution in [2.45, 2.75) is 151 Å². The predicted molar refractivity (Wildman–Crippen MR) is 303 cm³/mol. The summed E-state index contributed by atoms with van der Waals surface area (Å²) in [5, 5.41) is 117. The van der Waals surface area contributed by atoms with E-state index in [2.05, 4.69) is 42.8 Å². The second-order valence-electron chi connectivity index (χ2n) is 22.0. The molecule has 15 unspecified atom stereocenters. The molecule has 0 saturated carbocycles. The molecule has 3 aliphatic rings. The fraction of sp³-hybridized carbons (Fsp3) is 0.500. The van der Waals surface area contributed by atoms with E-state index in [4.69, 9.17) is 15.0 Å². The molecule has 3 aliphatic heterocycles. The third-order valence-corrected chi connectivity index (χ3v) is 15.7. The minimum atomic E-state index is -5.34. The first-order valence-electron chi connectivity index (χ1n) is 28.1. The van der Waals surface area contributed by atoms with Crippen LogP contribution in [0, 0.1) is 5.92 Å². The Balaban J connectivity index is 1.22. The fourth-order valence-electron chi connectivity index (χ4n) is 10.5. The third kappa shape index (κ3) is 16.6. The Bertz CT molecular complexity index is 3250. The Hall–Kier alpha value is -7.89. The van der Waals surface area contributed by atoms with Gasteiger partial charge in [-0.05, 0) is 54.3 Å². The van der Waals surface area contributed by atoms with E-state index >= 15 is 0 Å². The Labute approximate surface area is 503 Å². The lowest BCUT2D eigenvalue weighted by Crippen LogP contribution is -2.64. The van der Waals surface area contributed by atoms with Crippen molar-refractivity contribution >= 4 is 51.7 Å². The number of phenols is 1. The van der Waals surface area contributed by atoms with Crippen molar-refractivity contribution in [2.24, 2.45) is 11.7 Å². The maximum Gasteiger partial charge on any atom is 0.446 e. The smallest absolute Gasteiger partial charge is 0.446 e. The number of benzene rings is 3. The van der Waals surface area contributed by atoms with Crippen LogP contribution in [0.4, 0.5) is 0 Å². The van der Waals surface area contributed by atoms with Crippen molar-refractivity contribution < 1.29 is 106 Å². The van der Waals surface area contributed by atoms with Crippen molar-refractivity contribution in [2.75, 3.05) is 19.7 Å². The van der Waals surface area contributed by atoms with Gasteiger partial charge in [-0.15, -0.1) is 0 Å². The number of aromatic nitrogens is 1. The molecular formula is C56H73N9O22S. The number of unbranched alkanes of at least 4 members (excludes halogenated alkanes) is 2. The molecule has 3 fully saturated rings. The molecule has 15 atom stereocenters. The first kappa shape index (κ1) is 67.6. The van der Waals surface area contributed by atoms with Crippen LogP contribution in [0.3, 0.4) is 0 Å². The average Bonchev–Trinajstić information content (AvgIpc) is 4.24. The SMILES string of the molecule is CCCCCOc1ccc(-c2conc2-c2ccc(CNC3CC(O)C(O)NC(=O)C4C(O)C(C)CN4C(=O)C(C(O)CC(N)=O)NC(=O)C(C(O)C(O)c4ccc(O)c(OS(=O)(=O)O)c4)NC(=O)C4CC(O)CN4C(=O)C(C(C)O)NC3=O)cc2)cc1. The van der Waals surface area contributed by atoms with Crippen LogP contribution in [0.15, 0.2) is 77.5 Å². The number of phenolic OH excluding ortho intramolecular Hbond substituents is 1. The number of primary amides is 1. The molecule has 0 aliphatic carbocycles. The average molecular weight is 1260 g/mol. The van der Waals surface area contributed by atoms with E-state index in [0.717, 1.165) is 43.9 Å². The molecule has 7 rings (SSSR count). The van der Waals surface area contributed by atoms with Crippen LogP contribution in [0.1, 0.15) is 76.5 Å². The number of nitrogens with zero attached hydrogens (tertiary/aromatic N) is 3. The second-order valence-corrected chi connectivity index (χ2v) is 23.0. The molecule has 32 heteroatoms. The summed E-state index contributed by atoms with van der Waals surface area (Å²) in [6.07, 6.45) is -14.9. The largest absolute Gasteiger partial charge is 0.504 e. The van der Waals surface area contributed by atoms with E-state index in [1.54, 1.807) is 24.3 Å². The van der Waals surface area contributed by atoms with Gasteiger partial charge in [0, 0.05) is 49.5 Å². The molecule has 0 spiro atoms. The van der Waals surface area contributed by atoms with Crippen molar-refractivity contribution in [3.05, 3.63) is 84.1 Å². The van der Waals surface area contributed by atoms with Crippen LogP contribution < -0.4 is 41.2 Å². The van der Waals surface area contributed by atoms with Crippen molar-refractivity contribution in [3.63, 3.8) is 0 Å². The highest BCUT2D eigenvalue weighted by Gasteiger charge is 2.51. The molecule has 88 heavy (non-hydrogen) atoms. The van der Waals surface area contributed by atoms with E-state index in [0.29, 0.717) is 50.6 Å². The van der Waals surface area contributed by atoms with Gasteiger partial charge >= 0.3 is 10.4 Å². The summed E-state index contributed by atoms with van der Waals surface area (Å²) in [4.78, 5) is 101. The molecule has 3 aromatic carbocycles. The number of nitrogens with two attached hydrogens (primary N) is 1. The maximum atomic E-state index is 14.7.